The highest BCUT2D eigenvalue weighted by Gasteiger charge is 2.17. The number of likely N-dealkylation sites (tertiary alicyclic amines) is 1. The Bertz CT molecular complexity index is 920. The van der Waals surface area contributed by atoms with Crippen molar-refractivity contribution >= 4 is 22.3 Å². The lowest BCUT2D eigenvalue weighted by Crippen LogP contribution is -2.32. The van der Waals surface area contributed by atoms with Crippen molar-refractivity contribution in [3.05, 3.63) is 54.4 Å². The second kappa shape index (κ2) is 8.44. The molecular weight excluding hydrogens is 350 g/mol. The molecule has 1 fully saturated rings. The maximum atomic E-state index is 5.97. The van der Waals surface area contributed by atoms with Gasteiger partial charge in [-0.15, -0.1) is 0 Å². The van der Waals surface area contributed by atoms with Crippen LogP contribution in [0.15, 0.2) is 48.8 Å². The quantitative estimate of drug-likeness (QED) is 0.684. The second-order valence-electron chi connectivity index (χ2n) is 7.51. The van der Waals surface area contributed by atoms with E-state index in [2.05, 4.69) is 33.3 Å². The van der Waals surface area contributed by atoms with Crippen LogP contribution >= 0.6 is 0 Å². The van der Waals surface area contributed by atoms with Gasteiger partial charge in [-0.25, -0.2) is 9.97 Å². The Kier molecular flexibility index (Phi) is 5.58. The van der Waals surface area contributed by atoms with Crippen LogP contribution in [0.25, 0.3) is 10.8 Å². The Morgan fingerprint density at radius 3 is 2.75 bits per heavy atom. The van der Waals surface area contributed by atoms with Crippen molar-refractivity contribution in [3.8, 4) is 5.88 Å². The Morgan fingerprint density at radius 2 is 1.96 bits per heavy atom. The molecule has 1 saturated heterocycles. The number of nitrogens with zero attached hydrogens (tertiary/aromatic N) is 3. The fraction of sp³-hybridized carbons (Fsp3) is 0.364. The maximum Gasteiger partial charge on any atom is 0.213 e. The van der Waals surface area contributed by atoms with E-state index in [9.17, 15) is 0 Å². The maximum absolute atomic E-state index is 5.97. The van der Waals surface area contributed by atoms with Crippen LogP contribution < -0.4 is 15.8 Å². The van der Waals surface area contributed by atoms with Gasteiger partial charge < -0.3 is 20.7 Å². The molecule has 0 spiro atoms. The lowest BCUT2D eigenvalue weighted by molar-refractivity contribution is 0.157. The number of anilines is 2. The van der Waals surface area contributed by atoms with Crippen LogP contribution in [0.4, 0.5) is 11.5 Å². The van der Waals surface area contributed by atoms with Gasteiger partial charge in [-0.2, -0.15) is 0 Å². The summed E-state index contributed by atoms with van der Waals surface area (Å²) in [6, 6.07) is 12.0. The number of piperidine rings is 1. The third-order valence-electron chi connectivity index (χ3n) is 5.42. The predicted octanol–water partition coefficient (Wildman–Crippen LogP) is 3.54. The third kappa shape index (κ3) is 4.34. The summed E-state index contributed by atoms with van der Waals surface area (Å²) < 4.78 is 5.90. The van der Waals surface area contributed by atoms with Crippen LogP contribution in [-0.2, 0) is 6.54 Å². The Balaban J connectivity index is 1.33. The largest absolute Gasteiger partial charge is 0.477 e. The summed E-state index contributed by atoms with van der Waals surface area (Å²) in [5, 5.41) is 5.50. The number of nitrogens with two attached hydrogens (primary N) is 1. The molecule has 0 atom stereocenters. The van der Waals surface area contributed by atoms with Crippen LogP contribution in [-0.4, -0.2) is 41.6 Å². The van der Waals surface area contributed by atoms with Crippen molar-refractivity contribution in [2.45, 2.75) is 19.4 Å². The number of nitrogens with one attached hydrogen (secondary N) is 1. The molecule has 0 bridgehead atoms. The van der Waals surface area contributed by atoms with Gasteiger partial charge in [-0.1, -0.05) is 18.2 Å². The number of hydrogen-bond donors (Lipinski definition) is 2. The standard InChI is InChI=1S/C22H27N5O/c1-27-11-8-16(9-12-27)15-28-21-6-5-17(14-26-21)13-25-20-4-2-3-19-18(20)7-10-24-22(19)23/h2-7,10,14,16,25H,8-9,11-13,15H2,1H3,(H2,23,24). The van der Waals surface area contributed by atoms with E-state index in [1.165, 1.54) is 12.8 Å². The van der Waals surface area contributed by atoms with Crippen LogP contribution in [0.3, 0.4) is 0 Å². The van der Waals surface area contributed by atoms with Crippen LogP contribution in [0.5, 0.6) is 5.88 Å². The lowest BCUT2D eigenvalue weighted by atomic mass is 9.98. The highest BCUT2D eigenvalue weighted by atomic mass is 16.5. The topological polar surface area (TPSA) is 76.3 Å². The zero-order chi connectivity index (χ0) is 19.3. The monoisotopic (exact) mass is 377 g/mol. The summed E-state index contributed by atoms with van der Waals surface area (Å²) in [4.78, 5) is 11.0. The summed E-state index contributed by atoms with van der Waals surface area (Å²) >= 11 is 0. The molecule has 28 heavy (non-hydrogen) atoms. The fourth-order valence-corrected chi connectivity index (χ4v) is 3.61. The van der Waals surface area contributed by atoms with Crippen LogP contribution in [0.2, 0.25) is 0 Å². The minimum Gasteiger partial charge on any atom is -0.477 e. The molecule has 1 aromatic carbocycles. The molecule has 0 unspecified atom stereocenters. The van der Waals surface area contributed by atoms with Crippen molar-refractivity contribution in [2.75, 3.05) is 37.8 Å². The molecule has 0 aliphatic carbocycles. The van der Waals surface area contributed by atoms with E-state index < -0.39 is 0 Å². The summed E-state index contributed by atoms with van der Waals surface area (Å²) in [6.07, 6.45) is 6.01. The van der Waals surface area contributed by atoms with E-state index in [4.69, 9.17) is 10.5 Å². The summed E-state index contributed by atoms with van der Waals surface area (Å²) in [5.74, 6) is 1.88. The first-order valence-electron chi connectivity index (χ1n) is 9.82. The molecule has 1 aliphatic heterocycles. The molecule has 0 saturated carbocycles. The van der Waals surface area contributed by atoms with Gasteiger partial charge in [0.2, 0.25) is 5.88 Å². The highest BCUT2D eigenvalue weighted by Crippen LogP contribution is 2.26. The second-order valence-corrected chi connectivity index (χ2v) is 7.51. The number of hydrogen-bond acceptors (Lipinski definition) is 6. The first-order chi connectivity index (χ1) is 13.7. The van der Waals surface area contributed by atoms with Gasteiger partial charge in [0.25, 0.3) is 0 Å². The van der Waals surface area contributed by atoms with Gasteiger partial charge in [-0.05, 0) is 56.6 Å². The number of rotatable bonds is 6. The molecule has 0 amide bonds. The minimum absolute atomic E-state index is 0.550. The van der Waals surface area contributed by atoms with E-state index in [-0.39, 0.29) is 0 Å². The van der Waals surface area contributed by atoms with Gasteiger partial charge in [0.1, 0.15) is 5.82 Å². The molecule has 4 rings (SSSR count). The molecule has 0 radical (unpaired) electrons. The number of pyridine rings is 2. The van der Waals surface area contributed by atoms with E-state index in [0.29, 0.717) is 24.2 Å². The number of nitrogen functional groups attached to an aromatic ring is 1. The van der Waals surface area contributed by atoms with Gasteiger partial charge >= 0.3 is 0 Å². The average Bonchev–Trinajstić information content (AvgIpc) is 2.73. The highest BCUT2D eigenvalue weighted by molar-refractivity contribution is 5.99. The smallest absolute Gasteiger partial charge is 0.213 e. The molecule has 6 nitrogen and oxygen atoms in total. The Labute approximate surface area is 165 Å². The Hall–Kier alpha value is -2.86. The number of fused-ring (bicyclic) bond motifs is 1. The van der Waals surface area contributed by atoms with Crippen molar-refractivity contribution in [3.63, 3.8) is 0 Å². The summed E-state index contributed by atoms with van der Waals surface area (Å²) in [7, 11) is 2.18. The van der Waals surface area contributed by atoms with Gasteiger partial charge in [0.15, 0.2) is 0 Å². The number of benzene rings is 1. The molecule has 1 aliphatic rings. The average molecular weight is 377 g/mol. The SMILES string of the molecule is CN1CCC(COc2ccc(CNc3cccc4c(N)nccc34)cn2)CC1. The van der Waals surface area contributed by atoms with E-state index in [0.717, 1.165) is 41.7 Å². The summed E-state index contributed by atoms with van der Waals surface area (Å²) in [5.41, 5.74) is 8.11. The minimum atomic E-state index is 0.550. The first kappa shape index (κ1) is 18.5. The van der Waals surface area contributed by atoms with E-state index in [1.807, 2.05) is 36.5 Å². The van der Waals surface area contributed by atoms with Gasteiger partial charge in [0.05, 0.1) is 6.61 Å². The van der Waals surface area contributed by atoms with E-state index >= 15 is 0 Å². The molecule has 3 aromatic rings. The van der Waals surface area contributed by atoms with Gasteiger partial charge in [-0.3, -0.25) is 0 Å². The van der Waals surface area contributed by atoms with E-state index in [1.54, 1.807) is 6.20 Å². The van der Waals surface area contributed by atoms with Crippen molar-refractivity contribution in [1.29, 1.82) is 0 Å². The fourth-order valence-electron chi connectivity index (χ4n) is 3.61. The number of ether oxygens (including phenoxy) is 1. The molecule has 3 N–H and O–H groups in total. The normalized spacial score (nSPS) is 15.6. The zero-order valence-electron chi connectivity index (χ0n) is 16.3. The van der Waals surface area contributed by atoms with Crippen molar-refractivity contribution in [2.24, 2.45) is 5.92 Å². The van der Waals surface area contributed by atoms with Crippen LogP contribution in [0.1, 0.15) is 18.4 Å². The summed E-state index contributed by atoms with van der Waals surface area (Å²) in [6.45, 7) is 3.75. The number of aromatic nitrogens is 2. The lowest BCUT2D eigenvalue weighted by Gasteiger charge is -2.28. The van der Waals surface area contributed by atoms with Crippen LogP contribution in [0, 0.1) is 5.92 Å². The molecule has 6 heteroatoms. The first-order valence-corrected chi connectivity index (χ1v) is 9.82. The van der Waals surface area contributed by atoms with Gasteiger partial charge in [0, 0.05) is 41.5 Å². The predicted molar refractivity (Wildman–Crippen MR) is 113 cm³/mol. The zero-order valence-corrected chi connectivity index (χ0v) is 16.3. The Morgan fingerprint density at radius 1 is 1.11 bits per heavy atom. The molecular formula is C22H27N5O. The molecule has 146 valence electrons. The molecule has 3 heterocycles. The molecule has 2 aromatic heterocycles. The van der Waals surface area contributed by atoms with Crippen molar-refractivity contribution in [1.82, 2.24) is 14.9 Å². The third-order valence-corrected chi connectivity index (χ3v) is 5.42. The van der Waals surface area contributed by atoms with Crippen molar-refractivity contribution < 1.29 is 4.74 Å².